The monoisotopic (exact) mass is 264 g/mol. The van der Waals surface area contributed by atoms with Crippen LogP contribution in [0.25, 0.3) is 5.65 Å². The first-order valence-corrected chi connectivity index (χ1v) is 7.79. The normalized spacial score (nSPS) is 11.2. The van der Waals surface area contributed by atoms with Gasteiger partial charge in [0.25, 0.3) is 0 Å². The van der Waals surface area contributed by atoms with Crippen molar-refractivity contribution in [1.29, 1.82) is 0 Å². The van der Waals surface area contributed by atoms with Gasteiger partial charge in [0.2, 0.25) is 0 Å². The van der Waals surface area contributed by atoms with Crippen LogP contribution < -0.4 is 5.32 Å². The Balaban J connectivity index is 1.70. The molecule has 18 heavy (non-hydrogen) atoms. The van der Waals surface area contributed by atoms with Crippen molar-refractivity contribution in [3.05, 3.63) is 30.2 Å². The number of fused-ring (bicyclic) bond motifs is 1. The third kappa shape index (κ3) is 3.71. The molecule has 0 unspecified atom stereocenters. The maximum Gasteiger partial charge on any atom is 0.160 e. The lowest BCUT2D eigenvalue weighted by atomic mass is 10.3. The molecule has 2 aromatic heterocycles. The molecule has 0 amide bonds. The van der Waals surface area contributed by atoms with Crippen molar-refractivity contribution >= 4 is 17.4 Å². The van der Waals surface area contributed by atoms with E-state index < -0.39 is 0 Å². The number of unbranched alkanes of at least 4 members (excludes halogenated alkanes) is 1. The molecule has 1 N–H and O–H groups in total. The zero-order valence-electron chi connectivity index (χ0n) is 10.8. The largest absolute Gasteiger partial charge is 0.316 e. The van der Waals surface area contributed by atoms with Gasteiger partial charge in [-0.25, -0.2) is 0 Å². The van der Waals surface area contributed by atoms with Gasteiger partial charge in [-0.3, -0.25) is 4.40 Å². The number of pyridine rings is 1. The highest BCUT2D eigenvalue weighted by molar-refractivity contribution is 7.98. The van der Waals surface area contributed by atoms with Crippen LogP contribution in [0.4, 0.5) is 0 Å². The molecule has 98 valence electrons. The Morgan fingerprint density at radius 1 is 1.22 bits per heavy atom. The number of nitrogens with zero attached hydrogens (tertiary/aromatic N) is 3. The van der Waals surface area contributed by atoms with Crippen LogP contribution in [0.3, 0.4) is 0 Å². The highest BCUT2D eigenvalue weighted by Crippen LogP contribution is 2.03. The third-order valence-electron chi connectivity index (χ3n) is 2.86. The number of hydrogen-bond acceptors (Lipinski definition) is 4. The second-order valence-corrected chi connectivity index (χ2v) is 5.23. The van der Waals surface area contributed by atoms with Crippen molar-refractivity contribution in [3.63, 3.8) is 0 Å². The number of nitrogens with one attached hydrogen (secondary N) is 1. The second-order valence-electron chi connectivity index (χ2n) is 4.24. The summed E-state index contributed by atoms with van der Waals surface area (Å²) in [6.45, 7) is 2.06. The molecule has 0 radical (unpaired) electrons. The van der Waals surface area contributed by atoms with Gasteiger partial charge in [-0.2, -0.15) is 11.8 Å². The number of rotatable bonds is 8. The van der Waals surface area contributed by atoms with Gasteiger partial charge in [0.15, 0.2) is 5.65 Å². The van der Waals surface area contributed by atoms with E-state index >= 15 is 0 Å². The average molecular weight is 264 g/mol. The van der Waals surface area contributed by atoms with Crippen LogP contribution in [-0.2, 0) is 6.42 Å². The Morgan fingerprint density at radius 2 is 2.17 bits per heavy atom. The predicted octanol–water partition coefficient (Wildman–Crippen LogP) is 2.00. The summed E-state index contributed by atoms with van der Waals surface area (Å²) in [6.07, 6.45) is 7.64. The SMILES string of the molecule is CSCCCCNCCc1nnc2ccccn12. The molecule has 0 bridgehead atoms. The second kappa shape index (κ2) is 7.38. The van der Waals surface area contributed by atoms with Crippen LogP contribution >= 0.6 is 11.8 Å². The summed E-state index contributed by atoms with van der Waals surface area (Å²) in [5.74, 6) is 2.29. The molecular weight excluding hydrogens is 244 g/mol. The lowest BCUT2D eigenvalue weighted by molar-refractivity contribution is 0.631. The smallest absolute Gasteiger partial charge is 0.160 e. The Kier molecular flexibility index (Phi) is 5.48. The predicted molar refractivity (Wildman–Crippen MR) is 77.2 cm³/mol. The Bertz CT molecular complexity index is 469. The van der Waals surface area contributed by atoms with Gasteiger partial charge in [-0.1, -0.05) is 6.07 Å². The molecule has 0 aliphatic rings. The lowest BCUT2D eigenvalue weighted by Gasteiger charge is -2.03. The van der Waals surface area contributed by atoms with Crippen molar-refractivity contribution in [2.45, 2.75) is 19.3 Å². The first kappa shape index (κ1) is 13.4. The van der Waals surface area contributed by atoms with Crippen molar-refractivity contribution in [1.82, 2.24) is 19.9 Å². The van der Waals surface area contributed by atoms with Crippen molar-refractivity contribution < 1.29 is 0 Å². The summed E-state index contributed by atoms with van der Waals surface area (Å²) in [6, 6.07) is 5.97. The molecule has 5 heteroatoms. The molecule has 0 aliphatic heterocycles. The molecule has 0 fully saturated rings. The molecule has 0 saturated heterocycles. The topological polar surface area (TPSA) is 42.2 Å². The van der Waals surface area contributed by atoms with Gasteiger partial charge in [0.1, 0.15) is 5.82 Å². The van der Waals surface area contributed by atoms with Crippen LogP contribution in [0.1, 0.15) is 18.7 Å². The standard InChI is InChI=1S/C13H20N4S/c1-18-11-5-3-8-14-9-7-13-16-15-12-6-2-4-10-17(12)13/h2,4,6,10,14H,3,5,7-9,11H2,1H3. The molecule has 2 heterocycles. The minimum Gasteiger partial charge on any atom is -0.316 e. The molecule has 2 aromatic rings. The van der Waals surface area contributed by atoms with Crippen LogP contribution in [0.2, 0.25) is 0 Å². The Morgan fingerprint density at radius 3 is 3.06 bits per heavy atom. The maximum absolute atomic E-state index is 4.21. The van der Waals surface area contributed by atoms with E-state index in [9.17, 15) is 0 Å². The van der Waals surface area contributed by atoms with Crippen LogP contribution in [0.15, 0.2) is 24.4 Å². The summed E-state index contributed by atoms with van der Waals surface area (Å²) in [5.41, 5.74) is 0.924. The summed E-state index contributed by atoms with van der Waals surface area (Å²) in [5, 5.41) is 11.8. The zero-order valence-corrected chi connectivity index (χ0v) is 11.6. The Labute approximate surface area is 112 Å². The molecule has 4 nitrogen and oxygen atoms in total. The van der Waals surface area contributed by atoms with E-state index in [1.807, 2.05) is 36.2 Å². The van der Waals surface area contributed by atoms with E-state index in [-0.39, 0.29) is 0 Å². The minimum atomic E-state index is 0.924. The summed E-state index contributed by atoms with van der Waals surface area (Å²) in [7, 11) is 0. The van der Waals surface area contributed by atoms with E-state index in [0.29, 0.717) is 0 Å². The van der Waals surface area contributed by atoms with Gasteiger partial charge in [0, 0.05) is 19.2 Å². The van der Waals surface area contributed by atoms with E-state index in [1.165, 1.54) is 18.6 Å². The number of thioether (sulfide) groups is 1. The lowest BCUT2D eigenvalue weighted by Crippen LogP contribution is -2.19. The van der Waals surface area contributed by atoms with Crippen molar-refractivity contribution in [2.75, 3.05) is 25.1 Å². The van der Waals surface area contributed by atoms with Gasteiger partial charge < -0.3 is 5.32 Å². The van der Waals surface area contributed by atoms with Gasteiger partial charge in [-0.15, -0.1) is 10.2 Å². The van der Waals surface area contributed by atoms with Crippen LogP contribution in [0.5, 0.6) is 0 Å². The zero-order chi connectivity index (χ0) is 12.6. The molecule has 0 aromatic carbocycles. The fraction of sp³-hybridized carbons (Fsp3) is 0.538. The summed E-state index contributed by atoms with van der Waals surface area (Å²) in [4.78, 5) is 0. The molecule has 0 spiro atoms. The molecule has 2 rings (SSSR count). The number of aromatic nitrogens is 3. The van der Waals surface area contributed by atoms with Crippen LogP contribution in [-0.4, -0.2) is 39.7 Å². The number of hydrogen-bond donors (Lipinski definition) is 1. The average Bonchev–Trinajstić information content (AvgIpc) is 2.81. The molecule has 0 aliphatic carbocycles. The van der Waals surface area contributed by atoms with E-state index in [2.05, 4.69) is 26.2 Å². The third-order valence-corrected chi connectivity index (χ3v) is 3.56. The van der Waals surface area contributed by atoms with Gasteiger partial charge >= 0.3 is 0 Å². The van der Waals surface area contributed by atoms with Crippen LogP contribution in [0, 0.1) is 0 Å². The molecule has 0 atom stereocenters. The fourth-order valence-corrected chi connectivity index (χ4v) is 2.38. The van der Waals surface area contributed by atoms with Gasteiger partial charge in [0.05, 0.1) is 0 Å². The maximum atomic E-state index is 4.21. The summed E-state index contributed by atoms with van der Waals surface area (Å²) >= 11 is 1.92. The molecular formula is C13H20N4S. The first-order valence-electron chi connectivity index (χ1n) is 6.40. The molecule has 0 saturated carbocycles. The van der Waals surface area contributed by atoms with E-state index in [4.69, 9.17) is 0 Å². The van der Waals surface area contributed by atoms with Crippen molar-refractivity contribution in [2.24, 2.45) is 0 Å². The minimum absolute atomic E-state index is 0.924. The fourth-order valence-electron chi connectivity index (χ4n) is 1.88. The van der Waals surface area contributed by atoms with E-state index in [0.717, 1.165) is 31.0 Å². The van der Waals surface area contributed by atoms with Gasteiger partial charge in [-0.05, 0) is 43.5 Å². The summed E-state index contributed by atoms with van der Waals surface area (Å²) < 4.78 is 2.05. The first-order chi connectivity index (χ1) is 8.92. The Hall–Kier alpha value is -1.07. The van der Waals surface area contributed by atoms with Crippen molar-refractivity contribution in [3.8, 4) is 0 Å². The quantitative estimate of drug-likeness (QED) is 0.741. The van der Waals surface area contributed by atoms with E-state index in [1.54, 1.807) is 0 Å². The highest BCUT2D eigenvalue weighted by Gasteiger charge is 2.03. The highest BCUT2D eigenvalue weighted by atomic mass is 32.2.